The Bertz CT molecular complexity index is 1190. The Labute approximate surface area is 215 Å². The van der Waals surface area contributed by atoms with E-state index in [9.17, 15) is 9.59 Å². The molecule has 2 aromatic carbocycles. The number of benzene rings is 2. The molecule has 0 aliphatic heterocycles. The van der Waals surface area contributed by atoms with E-state index in [1.165, 1.54) is 11.8 Å². The lowest BCUT2D eigenvalue weighted by Gasteiger charge is -2.23. The van der Waals surface area contributed by atoms with Gasteiger partial charge in [-0.05, 0) is 36.1 Å². The molecule has 1 heterocycles. The lowest BCUT2D eigenvalue weighted by molar-refractivity contribution is -0.113. The summed E-state index contributed by atoms with van der Waals surface area (Å²) in [5.41, 5.74) is 2.29. The fourth-order valence-electron chi connectivity index (χ4n) is 3.60. The van der Waals surface area contributed by atoms with Crippen LogP contribution in [0.4, 0.5) is 5.69 Å². The summed E-state index contributed by atoms with van der Waals surface area (Å²) in [4.78, 5) is 25.6. The molecule has 9 heteroatoms. The minimum Gasteiger partial charge on any atom is -0.342 e. The number of carbonyl (C=O) groups excluding carboxylic acids is 2. The van der Waals surface area contributed by atoms with E-state index in [-0.39, 0.29) is 23.5 Å². The molecule has 0 spiro atoms. The van der Waals surface area contributed by atoms with Gasteiger partial charge in [-0.15, -0.1) is 16.8 Å². The van der Waals surface area contributed by atoms with Gasteiger partial charge in [0.1, 0.15) is 0 Å². The molecular weight excluding hydrogens is 482 g/mol. The Hall–Kier alpha value is -3.10. The molecular formula is C26H30ClN5O2S. The summed E-state index contributed by atoms with van der Waals surface area (Å²) >= 11 is 7.50. The van der Waals surface area contributed by atoms with Gasteiger partial charge in [-0.2, -0.15) is 0 Å². The number of rotatable bonds is 11. The number of amides is 2. The van der Waals surface area contributed by atoms with Crippen LogP contribution in [0.25, 0.3) is 0 Å². The predicted octanol–water partition coefficient (Wildman–Crippen LogP) is 5.54. The highest BCUT2D eigenvalue weighted by atomic mass is 35.5. The summed E-state index contributed by atoms with van der Waals surface area (Å²) < 4.78 is 1.88. The molecule has 184 valence electrons. The molecule has 0 aliphatic carbocycles. The Morgan fingerprint density at radius 1 is 1.14 bits per heavy atom. The molecule has 2 N–H and O–H groups in total. The molecule has 3 rings (SSSR count). The number of nitrogens with zero attached hydrogens (tertiary/aromatic N) is 3. The van der Waals surface area contributed by atoms with E-state index in [0.29, 0.717) is 28.1 Å². The Balaban J connectivity index is 1.77. The maximum Gasteiger partial charge on any atom is 0.253 e. The third kappa shape index (κ3) is 6.74. The molecule has 35 heavy (non-hydrogen) atoms. The fourth-order valence-corrected chi connectivity index (χ4v) is 4.57. The lowest BCUT2D eigenvalue weighted by Crippen LogP contribution is -2.34. The van der Waals surface area contributed by atoms with Gasteiger partial charge in [0.05, 0.1) is 22.4 Å². The molecule has 2 amide bonds. The first-order chi connectivity index (χ1) is 16.8. The van der Waals surface area contributed by atoms with Gasteiger partial charge in [-0.1, -0.05) is 80.5 Å². The van der Waals surface area contributed by atoms with Crippen LogP contribution in [0, 0.1) is 5.92 Å². The van der Waals surface area contributed by atoms with Crippen LogP contribution in [0.2, 0.25) is 5.02 Å². The summed E-state index contributed by atoms with van der Waals surface area (Å²) in [6.45, 7) is 10.3. The second kappa shape index (κ2) is 12.6. The first-order valence-electron chi connectivity index (χ1n) is 11.5. The smallest absolute Gasteiger partial charge is 0.253 e. The molecule has 0 aliphatic rings. The molecule has 7 nitrogen and oxygen atoms in total. The highest BCUT2D eigenvalue weighted by Gasteiger charge is 2.27. The third-order valence-corrected chi connectivity index (χ3v) is 6.71. The van der Waals surface area contributed by atoms with Crippen molar-refractivity contribution >= 4 is 40.9 Å². The molecule has 3 aromatic rings. The van der Waals surface area contributed by atoms with Crippen LogP contribution in [0.1, 0.15) is 48.6 Å². The Kier molecular flexibility index (Phi) is 9.51. The van der Waals surface area contributed by atoms with E-state index in [2.05, 4.69) is 34.3 Å². The minimum atomic E-state index is -0.411. The zero-order valence-electron chi connectivity index (χ0n) is 20.1. The van der Waals surface area contributed by atoms with Crippen molar-refractivity contribution in [3.63, 3.8) is 0 Å². The number of hydrogen-bond donors (Lipinski definition) is 2. The van der Waals surface area contributed by atoms with Gasteiger partial charge >= 0.3 is 0 Å². The van der Waals surface area contributed by atoms with E-state index < -0.39 is 6.04 Å². The molecule has 1 aromatic heterocycles. The monoisotopic (exact) mass is 511 g/mol. The number of allylic oxidation sites excluding steroid dienone is 1. The standard InChI is InChI=1S/C26H30ClN5O2S/c1-5-15-32-24(23(17(3)4)29-25(34)19-12-8-9-13-20(19)27)30-31-26(32)35-16-22(33)28-21-14-10-7-11-18(21)6-2/h5,7-14,17,23H,1,6,15-16H2,2-4H3,(H,28,33)(H,29,34)/t23-/m1/s1. The lowest BCUT2D eigenvalue weighted by atomic mass is 10.0. The molecule has 0 radical (unpaired) electrons. The van der Waals surface area contributed by atoms with E-state index in [0.717, 1.165) is 17.7 Å². The zero-order valence-corrected chi connectivity index (χ0v) is 21.7. The van der Waals surface area contributed by atoms with Gasteiger partial charge in [0, 0.05) is 12.2 Å². The predicted molar refractivity (Wildman–Crippen MR) is 142 cm³/mol. The topological polar surface area (TPSA) is 88.9 Å². The summed E-state index contributed by atoms with van der Waals surface area (Å²) in [6, 6.07) is 14.2. The summed E-state index contributed by atoms with van der Waals surface area (Å²) in [7, 11) is 0. The van der Waals surface area contributed by atoms with Gasteiger partial charge in [0.25, 0.3) is 5.91 Å². The van der Waals surface area contributed by atoms with Crippen molar-refractivity contribution in [1.29, 1.82) is 0 Å². The highest BCUT2D eigenvalue weighted by molar-refractivity contribution is 7.99. The normalized spacial score (nSPS) is 11.8. The van der Waals surface area contributed by atoms with Gasteiger partial charge in [-0.25, -0.2) is 0 Å². The highest BCUT2D eigenvalue weighted by Crippen LogP contribution is 2.27. The summed E-state index contributed by atoms with van der Waals surface area (Å²) in [5.74, 6) is 0.384. The van der Waals surface area contributed by atoms with Gasteiger partial charge in [0.2, 0.25) is 5.91 Å². The number of thioether (sulfide) groups is 1. The van der Waals surface area contributed by atoms with Crippen molar-refractivity contribution in [2.45, 2.75) is 44.9 Å². The average molecular weight is 512 g/mol. The van der Waals surface area contributed by atoms with E-state index in [1.807, 2.05) is 42.7 Å². The van der Waals surface area contributed by atoms with Crippen LogP contribution in [0.5, 0.6) is 0 Å². The van der Waals surface area contributed by atoms with Crippen molar-refractivity contribution in [1.82, 2.24) is 20.1 Å². The largest absolute Gasteiger partial charge is 0.342 e. The molecule has 0 bridgehead atoms. The number of aromatic nitrogens is 3. The SMILES string of the molecule is C=CCn1c(SCC(=O)Nc2ccccc2CC)nnc1[C@H](NC(=O)c1ccccc1Cl)C(C)C. The molecule has 0 saturated heterocycles. The first kappa shape index (κ1) is 26.5. The quantitative estimate of drug-likeness (QED) is 0.261. The number of nitrogens with one attached hydrogen (secondary N) is 2. The number of hydrogen-bond acceptors (Lipinski definition) is 5. The van der Waals surface area contributed by atoms with Gasteiger partial charge in [0.15, 0.2) is 11.0 Å². The molecule has 0 unspecified atom stereocenters. The van der Waals surface area contributed by atoms with Crippen molar-refractivity contribution < 1.29 is 9.59 Å². The number of aryl methyl sites for hydroxylation is 1. The zero-order chi connectivity index (χ0) is 25.4. The summed E-state index contributed by atoms with van der Waals surface area (Å²) in [6.07, 6.45) is 2.57. The van der Waals surface area contributed by atoms with Crippen LogP contribution in [-0.4, -0.2) is 32.3 Å². The minimum absolute atomic E-state index is 0.0286. The summed E-state index contributed by atoms with van der Waals surface area (Å²) in [5, 5.41) is 15.7. The Morgan fingerprint density at radius 3 is 2.54 bits per heavy atom. The van der Waals surface area contributed by atoms with Crippen LogP contribution in [0.3, 0.4) is 0 Å². The van der Waals surface area contributed by atoms with Crippen molar-refractivity contribution in [3.8, 4) is 0 Å². The number of halogens is 1. The van der Waals surface area contributed by atoms with Gasteiger partial charge < -0.3 is 15.2 Å². The van der Waals surface area contributed by atoms with Crippen LogP contribution in [-0.2, 0) is 17.8 Å². The third-order valence-electron chi connectivity index (χ3n) is 5.41. The van der Waals surface area contributed by atoms with Crippen LogP contribution < -0.4 is 10.6 Å². The molecule has 1 atom stereocenters. The van der Waals surface area contributed by atoms with E-state index >= 15 is 0 Å². The average Bonchev–Trinajstić information content (AvgIpc) is 3.23. The van der Waals surface area contributed by atoms with Crippen molar-refractivity contribution in [2.24, 2.45) is 5.92 Å². The molecule has 0 fully saturated rings. The second-order valence-electron chi connectivity index (χ2n) is 8.26. The maximum atomic E-state index is 12.9. The van der Waals surface area contributed by atoms with Crippen molar-refractivity contribution in [2.75, 3.05) is 11.1 Å². The fraction of sp³-hybridized carbons (Fsp3) is 0.308. The van der Waals surface area contributed by atoms with E-state index in [4.69, 9.17) is 11.6 Å². The van der Waals surface area contributed by atoms with Crippen LogP contribution in [0.15, 0.2) is 66.3 Å². The second-order valence-corrected chi connectivity index (χ2v) is 9.61. The van der Waals surface area contributed by atoms with E-state index in [1.54, 1.807) is 30.3 Å². The van der Waals surface area contributed by atoms with Crippen molar-refractivity contribution in [3.05, 3.63) is 83.2 Å². The van der Waals surface area contributed by atoms with Gasteiger partial charge in [-0.3, -0.25) is 9.59 Å². The first-order valence-corrected chi connectivity index (χ1v) is 12.8. The Morgan fingerprint density at radius 2 is 1.86 bits per heavy atom. The maximum absolute atomic E-state index is 12.9. The molecule has 0 saturated carbocycles. The van der Waals surface area contributed by atoms with Crippen LogP contribution >= 0.6 is 23.4 Å². The number of carbonyl (C=O) groups is 2. The number of para-hydroxylation sites is 1. The number of anilines is 1.